The van der Waals surface area contributed by atoms with Gasteiger partial charge in [0.15, 0.2) is 11.5 Å². The number of hydrogen-bond acceptors (Lipinski definition) is 3. The third-order valence-corrected chi connectivity index (χ3v) is 5.95. The summed E-state index contributed by atoms with van der Waals surface area (Å²) in [7, 11) is 1.61. The SMILES string of the molecule is CCCC(NCc1cc(Br)c(OCc2ccc(F)cc2Cl)c(OC)c1)c1ccccc1. The summed E-state index contributed by atoms with van der Waals surface area (Å²) in [5.74, 6) is 0.831. The molecule has 1 atom stereocenters. The van der Waals surface area contributed by atoms with Gasteiger partial charge in [0, 0.05) is 18.2 Å². The van der Waals surface area contributed by atoms with E-state index in [1.54, 1.807) is 13.2 Å². The minimum Gasteiger partial charge on any atom is -0.493 e. The minimum atomic E-state index is -0.374. The van der Waals surface area contributed by atoms with E-state index in [1.807, 2.05) is 18.2 Å². The lowest BCUT2D eigenvalue weighted by molar-refractivity contribution is 0.282. The number of methoxy groups -OCH3 is 1. The molecule has 0 amide bonds. The van der Waals surface area contributed by atoms with Crippen LogP contribution in [0.25, 0.3) is 0 Å². The zero-order chi connectivity index (χ0) is 22.2. The number of hydrogen-bond donors (Lipinski definition) is 1. The van der Waals surface area contributed by atoms with Gasteiger partial charge in [0.1, 0.15) is 12.4 Å². The summed E-state index contributed by atoms with van der Waals surface area (Å²) >= 11 is 9.71. The van der Waals surface area contributed by atoms with E-state index in [9.17, 15) is 4.39 Å². The molecule has 0 spiro atoms. The second-order valence-electron chi connectivity index (χ2n) is 7.27. The van der Waals surface area contributed by atoms with E-state index in [0.717, 1.165) is 22.9 Å². The van der Waals surface area contributed by atoms with E-state index < -0.39 is 0 Å². The smallest absolute Gasteiger partial charge is 0.175 e. The van der Waals surface area contributed by atoms with Crippen molar-refractivity contribution in [3.05, 3.63) is 92.7 Å². The highest BCUT2D eigenvalue weighted by atomic mass is 79.9. The highest BCUT2D eigenvalue weighted by molar-refractivity contribution is 9.10. The Morgan fingerprint density at radius 2 is 1.87 bits per heavy atom. The molecule has 0 aliphatic carbocycles. The normalized spacial score (nSPS) is 11.9. The Labute approximate surface area is 196 Å². The molecule has 3 nitrogen and oxygen atoms in total. The Morgan fingerprint density at radius 3 is 2.55 bits per heavy atom. The largest absolute Gasteiger partial charge is 0.493 e. The first kappa shape index (κ1) is 23.6. The van der Waals surface area contributed by atoms with Crippen molar-refractivity contribution in [2.45, 2.75) is 39.0 Å². The molecule has 3 aromatic carbocycles. The molecule has 31 heavy (non-hydrogen) atoms. The lowest BCUT2D eigenvalue weighted by atomic mass is 10.0. The number of ether oxygens (including phenoxy) is 2. The zero-order valence-electron chi connectivity index (χ0n) is 17.6. The van der Waals surface area contributed by atoms with Gasteiger partial charge in [-0.2, -0.15) is 0 Å². The molecule has 0 bridgehead atoms. The van der Waals surface area contributed by atoms with Crippen LogP contribution in [0, 0.1) is 5.82 Å². The first-order chi connectivity index (χ1) is 15.0. The fourth-order valence-electron chi connectivity index (χ4n) is 3.41. The van der Waals surface area contributed by atoms with Crippen molar-refractivity contribution >= 4 is 27.5 Å². The molecule has 1 unspecified atom stereocenters. The molecule has 0 heterocycles. The average molecular weight is 507 g/mol. The number of nitrogens with one attached hydrogen (secondary N) is 1. The van der Waals surface area contributed by atoms with Crippen molar-refractivity contribution in [1.82, 2.24) is 5.32 Å². The van der Waals surface area contributed by atoms with Crippen LogP contribution in [0.5, 0.6) is 11.5 Å². The van der Waals surface area contributed by atoms with E-state index in [-0.39, 0.29) is 18.5 Å². The molecule has 0 radical (unpaired) electrons. The van der Waals surface area contributed by atoms with Crippen molar-refractivity contribution in [2.24, 2.45) is 0 Å². The molecule has 164 valence electrons. The van der Waals surface area contributed by atoms with Crippen molar-refractivity contribution in [3.8, 4) is 11.5 Å². The molecule has 0 aliphatic heterocycles. The van der Waals surface area contributed by atoms with Crippen LogP contribution < -0.4 is 14.8 Å². The van der Waals surface area contributed by atoms with Crippen molar-refractivity contribution in [1.29, 1.82) is 0 Å². The Morgan fingerprint density at radius 1 is 1.10 bits per heavy atom. The Kier molecular flexibility index (Phi) is 8.76. The van der Waals surface area contributed by atoms with Crippen LogP contribution in [0.15, 0.2) is 65.1 Å². The summed E-state index contributed by atoms with van der Waals surface area (Å²) < 4.78 is 25.6. The van der Waals surface area contributed by atoms with E-state index in [1.165, 1.54) is 17.7 Å². The average Bonchev–Trinajstić information content (AvgIpc) is 2.77. The fraction of sp³-hybridized carbons (Fsp3) is 0.280. The maximum absolute atomic E-state index is 13.3. The second-order valence-corrected chi connectivity index (χ2v) is 8.53. The molecular formula is C25H26BrClFNO2. The van der Waals surface area contributed by atoms with Crippen molar-refractivity contribution < 1.29 is 13.9 Å². The predicted molar refractivity (Wildman–Crippen MR) is 127 cm³/mol. The summed E-state index contributed by atoms with van der Waals surface area (Å²) in [6.45, 7) is 3.09. The first-order valence-corrected chi connectivity index (χ1v) is 11.4. The monoisotopic (exact) mass is 505 g/mol. The van der Waals surface area contributed by atoms with E-state index in [4.69, 9.17) is 21.1 Å². The van der Waals surface area contributed by atoms with E-state index >= 15 is 0 Å². The topological polar surface area (TPSA) is 30.5 Å². The van der Waals surface area contributed by atoms with Crippen LogP contribution >= 0.6 is 27.5 Å². The molecule has 6 heteroatoms. The van der Waals surface area contributed by atoms with Gasteiger partial charge in [-0.1, -0.05) is 61.3 Å². The van der Waals surface area contributed by atoms with Gasteiger partial charge < -0.3 is 14.8 Å². The second kappa shape index (κ2) is 11.5. The molecule has 0 saturated carbocycles. The third-order valence-electron chi connectivity index (χ3n) is 5.01. The number of halogens is 3. The van der Waals surface area contributed by atoms with Crippen LogP contribution in [0.4, 0.5) is 4.39 Å². The highest BCUT2D eigenvalue weighted by Gasteiger charge is 2.15. The summed E-state index contributed by atoms with van der Waals surface area (Å²) in [6.07, 6.45) is 2.15. The van der Waals surface area contributed by atoms with Gasteiger partial charge in [0.25, 0.3) is 0 Å². The quantitative estimate of drug-likeness (QED) is 0.309. The molecule has 0 aromatic heterocycles. The van der Waals surface area contributed by atoms with Crippen LogP contribution in [-0.2, 0) is 13.2 Å². The lowest BCUT2D eigenvalue weighted by Gasteiger charge is -2.20. The van der Waals surface area contributed by atoms with Crippen LogP contribution in [-0.4, -0.2) is 7.11 Å². The standard InChI is InChI=1S/C25H26BrClFNO2/c1-3-7-23(18-8-5-4-6-9-18)29-15-17-12-21(26)25(24(13-17)30-2)31-16-19-10-11-20(28)14-22(19)27/h4-6,8-14,23,29H,3,7,15-16H2,1-2H3. The maximum Gasteiger partial charge on any atom is 0.175 e. The van der Waals surface area contributed by atoms with E-state index in [0.29, 0.717) is 28.6 Å². The minimum absolute atomic E-state index is 0.207. The van der Waals surface area contributed by atoms with Gasteiger partial charge in [-0.3, -0.25) is 0 Å². The number of benzene rings is 3. The van der Waals surface area contributed by atoms with Crippen LogP contribution in [0.2, 0.25) is 5.02 Å². The summed E-state index contributed by atoms with van der Waals surface area (Å²) in [5.41, 5.74) is 3.06. The number of rotatable bonds is 10. The zero-order valence-corrected chi connectivity index (χ0v) is 20.0. The van der Waals surface area contributed by atoms with Gasteiger partial charge in [0.05, 0.1) is 16.6 Å². The first-order valence-electron chi connectivity index (χ1n) is 10.2. The molecule has 0 aliphatic rings. The summed E-state index contributed by atoms with van der Waals surface area (Å²) in [5, 5.41) is 3.98. The van der Waals surface area contributed by atoms with Crippen LogP contribution in [0.3, 0.4) is 0 Å². The van der Waals surface area contributed by atoms with E-state index in [2.05, 4.69) is 52.4 Å². The maximum atomic E-state index is 13.3. The lowest BCUT2D eigenvalue weighted by Crippen LogP contribution is -2.20. The molecule has 1 N–H and O–H groups in total. The molecule has 3 rings (SSSR count). The van der Waals surface area contributed by atoms with Gasteiger partial charge >= 0.3 is 0 Å². The van der Waals surface area contributed by atoms with Crippen molar-refractivity contribution in [3.63, 3.8) is 0 Å². The Bertz CT molecular complexity index is 1000. The molecule has 3 aromatic rings. The Hall–Kier alpha value is -2.08. The molecule has 0 fully saturated rings. The molecular weight excluding hydrogens is 481 g/mol. The molecule has 0 saturated heterocycles. The summed E-state index contributed by atoms with van der Waals surface area (Å²) in [4.78, 5) is 0. The van der Waals surface area contributed by atoms with Gasteiger partial charge in [-0.25, -0.2) is 4.39 Å². The van der Waals surface area contributed by atoms with Crippen LogP contribution in [0.1, 0.15) is 42.5 Å². The fourth-order valence-corrected chi connectivity index (χ4v) is 4.23. The van der Waals surface area contributed by atoms with Gasteiger partial charge in [-0.15, -0.1) is 0 Å². The van der Waals surface area contributed by atoms with Crippen molar-refractivity contribution in [2.75, 3.05) is 7.11 Å². The van der Waals surface area contributed by atoms with Gasteiger partial charge in [-0.05, 0) is 57.7 Å². The third kappa shape index (κ3) is 6.45. The van der Waals surface area contributed by atoms with Gasteiger partial charge in [0.2, 0.25) is 0 Å². The summed E-state index contributed by atoms with van der Waals surface area (Å²) in [6, 6.07) is 19.0. The highest BCUT2D eigenvalue weighted by Crippen LogP contribution is 2.37. The predicted octanol–water partition coefficient (Wildman–Crippen LogP) is 7.46. The Balaban J connectivity index is 1.72.